The minimum absolute atomic E-state index is 0.213. The predicted molar refractivity (Wildman–Crippen MR) is 66.7 cm³/mol. The molecular formula is C12H17NO2S. The summed E-state index contributed by atoms with van der Waals surface area (Å²) in [4.78, 5) is 0. The Morgan fingerprint density at radius 2 is 1.94 bits per heavy atom. The zero-order valence-corrected chi connectivity index (χ0v) is 10.2. The lowest BCUT2D eigenvalue weighted by molar-refractivity contribution is 0.609. The number of nitrogens with two attached hydrogens (primary N) is 1. The second kappa shape index (κ2) is 5.82. The van der Waals surface area contributed by atoms with E-state index >= 15 is 0 Å². The molecule has 0 aliphatic carbocycles. The highest BCUT2D eigenvalue weighted by Crippen LogP contribution is 2.04. The molecule has 0 aromatic heterocycles. The minimum atomic E-state index is -3.06. The predicted octanol–water partition coefficient (Wildman–Crippen LogP) is 1.50. The first kappa shape index (κ1) is 12.9. The van der Waals surface area contributed by atoms with Crippen LogP contribution in [0, 0.1) is 0 Å². The van der Waals surface area contributed by atoms with Crippen LogP contribution in [0.15, 0.2) is 41.8 Å². The Morgan fingerprint density at radius 3 is 2.50 bits per heavy atom. The molecule has 16 heavy (non-hydrogen) atoms. The molecule has 1 aromatic rings. The summed E-state index contributed by atoms with van der Waals surface area (Å²) in [6.07, 6.45) is 4.30. The standard InChI is InChI=1S/C12H17NO2S/c1-16(14,15)10-9-12(13)8-7-11-5-3-2-4-6-11/h2-6,9-10,12H,7-8,13H2,1H3/t12-/m0/s1. The molecule has 0 unspecified atom stereocenters. The maximum absolute atomic E-state index is 10.9. The van der Waals surface area contributed by atoms with Crippen molar-refractivity contribution in [1.82, 2.24) is 0 Å². The summed E-state index contributed by atoms with van der Waals surface area (Å²) in [6, 6.07) is 9.78. The number of aryl methyl sites for hydroxylation is 1. The van der Waals surface area contributed by atoms with Gasteiger partial charge >= 0.3 is 0 Å². The highest BCUT2D eigenvalue weighted by atomic mass is 32.2. The highest BCUT2D eigenvalue weighted by molar-refractivity contribution is 7.93. The lowest BCUT2D eigenvalue weighted by atomic mass is 10.1. The van der Waals surface area contributed by atoms with Crippen LogP contribution in [0.1, 0.15) is 12.0 Å². The Labute approximate surface area is 96.9 Å². The fourth-order valence-corrected chi connectivity index (χ4v) is 1.81. The van der Waals surface area contributed by atoms with E-state index < -0.39 is 9.84 Å². The van der Waals surface area contributed by atoms with E-state index in [1.807, 2.05) is 30.3 Å². The van der Waals surface area contributed by atoms with Gasteiger partial charge in [-0.05, 0) is 18.4 Å². The van der Waals surface area contributed by atoms with Crippen molar-refractivity contribution >= 4 is 9.84 Å². The van der Waals surface area contributed by atoms with Crippen molar-refractivity contribution in [2.75, 3.05) is 6.26 Å². The average molecular weight is 239 g/mol. The average Bonchev–Trinajstić information content (AvgIpc) is 2.24. The molecule has 0 heterocycles. The van der Waals surface area contributed by atoms with E-state index in [9.17, 15) is 8.42 Å². The summed E-state index contributed by atoms with van der Waals surface area (Å²) in [7, 11) is -3.06. The van der Waals surface area contributed by atoms with Crippen molar-refractivity contribution in [3.05, 3.63) is 47.4 Å². The Kier molecular flexibility index (Phi) is 4.71. The van der Waals surface area contributed by atoms with Crippen LogP contribution in [0.3, 0.4) is 0 Å². The van der Waals surface area contributed by atoms with Gasteiger partial charge in [0.15, 0.2) is 9.84 Å². The van der Waals surface area contributed by atoms with Crippen LogP contribution in [0.25, 0.3) is 0 Å². The lowest BCUT2D eigenvalue weighted by Gasteiger charge is -2.05. The van der Waals surface area contributed by atoms with Crippen LogP contribution in [-0.4, -0.2) is 20.7 Å². The number of sulfone groups is 1. The first-order valence-electron chi connectivity index (χ1n) is 5.15. The van der Waals surface area contributed by atoms with Gasteiger partial charge in [-0.15, -0.1) is 0 Å². The number of rotatable bonds is 5. The monoisotopic (exact) mass is 239 g/mol. The van der Waals surface area contributed by atoms with Gasteiger partial charge in [-0.2, -0.15) is 0 Å². The van der Waals surface area contributed by atoms with E-state index in [1.165, 1.54) is 17.0 Å². The van der Waals surface area contributed by atoms with Crippen LogP contribution < -0.4 is 5.73 Å². The number of benzene rings is 1. The molecule has 4 heteroatoms. The van der Waals surface area contributed by atoms with Gasteiger partial charge in [0.2, 0.25) is 0 Å². The van der Waals surface area contributed by atoms with Gasteiger partial charge in [-0.1, -0.05) is 36.4 Å². The summed E-state index contributed by atoms with van der Waals surface area (Å²) in [5, 5.41) is 1.17. The molecule has 0 spiro atoms. The van der Waals surface area contributed by atoms with E-state index in [0.29, 0.717) is 0 Å². The summed E-state index contributed by atoms with van der Waals surface area (Å²) in [5.74, 6) is 0. The van der Waals surface area contributed by atoms with E-state index in [2.05, 4.69) is 0 Å². The topological polar surface area (TPSA) is 60.2 Å². The third kappa shape index (κ3) is 5.68. The van der Waals surface area contributed by atoms with E-state index in [0.717, 1.165) is 19.1 Å². The fourth-order valence-electron chi connectivity index (χ4n) is 1.32. The second-order valence-electron chi connectivity index (χ2n) is 3.85. The van der Waals surface area contributed by atoms with Crippen LogP contribution in [0.4, 0.5) is 0 Å². The molecule has 3 nitrogen and oxygen atoms in total. The van der Waals surface area contributed by atoms with Crippen LogP contribution >= 0.6 is 0 Å². The van der Waals surface area contributed by atoms with Gasteiger partial charge < -0.3 is 5.73 Å². The molecule has 0 saturated carbocycles. The maximum Gasteiger partial charge on any atom is 0.168 e. The Bertz CT molecular complexity index is 437. The molecule has 0 aliphatic rings. The van der Waals surface area contributed by atoms with Gasteiger partial charge in [0, 0.05) is 17.7 Å². The minimum Gasteiger partial charge on any atom is -0.324 e. The van der Waals surface area contributed by atoms with Gasteiger partial charge in [0.1, 0.15) is 0 Å². The molecule has 0 fully saturated rings. The molecule has 1 rings (SSSR count). The third-order valence-electron chi connectivity index (χ3n) is 2.18. The Morgan fingerprint density at radius 1 is 1.31 bits per heavy atom. The smallest absolute Gasteiger partial charge is 0.168 e. The number of hydrogen-bond donors (Lipinski definition) is 1. The molecule has 0 aliphatic heterocycles. The van der Waals surface area contributed by atoms with E-state index in [1.54, 1.807) is 0 Å². The molecule has 0 bridgehead atoms. The molecule has 0 radical (unpaired) electrons. The highest BCUT2D eigenvalue weighted by Gasteiger charge is 2.00. The molecule has 1 atom stereocenters. The van der Waals surface area contributed by atoms with Gasteiger partial charge in [0.05, 0.1) is 0 Å². The van der Waals surface area contributed by atoms with Crippen molar-refractivity contribution in [1.29, 1.82) is 0 Å². The van der Waals surface area contributed by atoms with Crippen LogP contribution in [0.2, 0.25) is 0 Å². The largest absolute Gasteiger partial charge is 0.324 e. The molecule has 0 amide bonds. The first-order valence-corrected chi connectivity index (χ1v) is 7.10. The molecule has 1 aromatic carbocycles. The normalized spacial score (nSPS) is 14.1. The zero-order chi connectivity index (χ0) is 12.0. The van der Waals surface area contributed by atoms with Crippen molar-refractivity contribution in [2.45, 2.75) is 18.9 Å². The molecule has 2 N–H and O–H groups in total. The van der Waals surface area contributed by atoms with Crippen molar-refractivity contribution in [3.63, 3.8) is 0 Å². The van der Waals surface area contributed by atoms with Crippen molar-refractivity contribution < 1.29 is 8.42 Å². The van der Waals surface area contributed by atoms with Crippen molar-refractivity contribution in [2.24, 2.45) is 5.73 Å². The maximum atomic E-state index is 10.9. The van der Waals surface area contributed by atoms with Gasteiger partial charge in [-0.25, -0.2) is 8.42 Å². The summed E-state index contributed by atoms with van der Waals surface area (Å²) in [6.45, 7) is 0. The summed E-state index contributed by atoms with van der Waals surface area (Å²) in [5.41, 5.74) is 6.99. The SMILES string of the molecule is CS(=O)(=O)C=C[C@@H](N)CCc1ccccc1. The van der Waals surface area contributed by atoms with E-state index in [-0.39, 0.29) is 6.04 Å². The van der Waals surface area contributed by atoms with Gasteiger partial charge in [-0.3, -0.25) is 0 Å². The van der Waals surface area contributed by atoms with Crippen molar-refractivity contribution in [3.8, 4) is 0 Å². The Balaban J connectivity index is 2.42. The lowest BCUT2D eigenvalue weighted by Crippen LogP contribution is -2.18. The molecule has 0 saturated heterocycles. The van der Waals surface area contributed by atoms with Crippen LogP contribution in [0.5, 0.6) is 0 Å². The first-order chi connectivity index (χ1) is 7.47. The van der Waals surface area contributed by atoms with Crippen LogP contribution in [-0.2, 0) is 16.3 Å². The third-order valence-corrected chi connectivity index (χ3v) is 2.83. The van der Waals surface area contributed by atoms with Gasteiger partial charge in [0.25, 0.3) is 0 Å². The molecular weight excluding hydrogens is 222 g/mol. The Hall–Kier alpha value is -1.13. The molecule has 88 valence electrons. The summed E-state index contributed by atoms with van der Waals surface area (Å²) >= 11 is 0. The fraction of sp³-hybridized carbons (Fsp3) is 0.333. The second-order valence-corrected chi connectivity index (χ2v) is 5.78. The summed E-state index contributed by atoms with van der Waals surface area (Å²) < 4.78 is 21.7. The van der Waals surface area contributed by atoms with E-state index in [4.69, 9.17) is 5.73 Å². The quantitative estimate of drug-likeness (QED) is 0.847. The number of hydrogen-bond acceptors (Lipinski definition) is 3. The zero-order valence-electron chi connectivity index (χ0n) is 9.34.